The van der Waals surface area contributed by atoms with Crippen LogP contribution in [0.25, 0.3) is 0 Å². The summed E-state index contributed by atoms with van der Waals surface area (Å²) in [7, 11) is -2.86. The van der Waals surface area contributed by atoms with Crippen molar-refractivity contribution in [2.45, 2.75) is 12.3 Å². The zero-order valence-electron chi connectivity index (χ0n) is 6.20. The first-order chi connectivity index (χ1) is 5.57. The lowest BCUT2D eigenvalue weighted by Crippen LogP contribution is -2.23. The van der Waals surface area contributed by atoms with E-state index in [9.17, 15) is 8.42 Å². The average molecular weight is 251 g/mol. The molecule has 1 aliphatic heterocycles. The molecule has 0 fully saturated rings. The fraction of sp³-hybridized carbons (Fsp3) is 0.500. The van der Waals surface area contributed by atoms with Gasteiger partial charge >= 0.3 is 0 Å². The Morgan fingerprint density at radius 2 is 2.33 bits per heavy atom. The molecule has 1 aromatic rings. The van der Waals surface area contributed by atoms with Crippen molar-refractivity contribution in [2.24, 2.45) is 0 Å². The van der Waals surface area contributed by atoms with Gasteiger partial charge in [0.1, 0.15) is 4.60 Å². The van der Waals surface area contributed by atoms with Gasteiger partial charge in [0.15, 0.2) is 9.84 Å². The molecule has 2 heterocycles. The number of sulfone groups is 1. The lowest BCUT2D eigenvalue weighted by molar-refractivity contribution is 0.554. The van der Waals surface area contributed by atoms with Crippen molar-refractivity contribution in [3.63, 3.8) is 0 Å². The number of aromatic nitrogens is 2. The van der Waals surface area contributed by atoms with Gasteiger partial charge in [0.05, 0.1) is 23.7 Å². The molecule has 0 bridgehead atoms. The van der Waals surface area contributed by atoms with Crippen molar-refractivity contribution >= 4 is 25.8 Å². The third-order valence-corrected chi connectivity index (χ3v) is 3.74. The maximum absolute atomic E-state index is 11.2. The maximum Gasteiger partial charge on any atom is 0.157 e. The van der Waals surface area contributed by atoms with Crippen LogP contribution in [0.2, 0.25) is 0 Å². The van der Waals surface area contributed by atoms with E-state index in [0.717, 1.165) is 5.69 Å². The summed E-state index contributed by atoms with van der Waals surface area (Å²) >= 11 is 3.20. The van der Waals surface area contributed by atoms with E-state index in [4.69, 9.17) is 0 Å². The summed E-state index contributed by atoms with van der Waals surface area (Å²) < 4.78 is 24.8. The monoisotopic (exact) mass is 250 g/mol. The molecule has 6 heteroatoms. The van der Waals surface area contributed by atoms with E-state index >= 15 is 0 Å². The number of halogens is 1. The Kier molecular flexibility index (Phi) is 1.76. The van der Waals surface area contributed by atoms with Crippen LogP contribution in [-0.2, 0) is 22.1 Å². The molecule has 0 aromatic carbocycles. The van der Waals surface area contributed by atoms with E-state index in [0.29, 0.717) is 11.1 Å². The van der Waals surface area contributed by atoms with E-state index < -0.39 is 9.84 Å². The van der Waals surface area contributed by atoms with Crippen LogP contribution in [0.15, 0.2) is 10.7 Å². The molecule has 12 heavy (non-hydrogen) atoms. The Morgan fingerprint density at radius 1 is 1.58 bits per heavy atom. The van der Waals surface area contributed by atoms with Gasteiger partial charge in [0.2, 0.25) is 0 Å². The molecule has 0 saturated carbocycles. The summed E-state index contributed by atoms with van der Waals surface area (Å²) in [6.45, 7) is 0.475. The maximum atomic E-state index is 11.2. The molecular formula is C6H7BrN2O2S. The van der Waals surface area contributed by atoms with E-state index in [-0.39, 0.29) is 11.5 Å². The molecule has 0 unspecified atom stereocenters. The van der Waals surface area contributed by atoms with Gasteiger partial charge in [-0.05, 0) is 22.0 Å². The Hall–Kier alpha value is -0.360. The Balaban J connectivity index is 2.47. The second kappa shape index (κ2) is 2.56. The number of hydrogen-bond donors (Lipinski definition) is 0. The SMILES string of the molecule is O=S1(=O)CCn2nc(Br)cc2C1. The minimum atomic E-state index is -2.86. The zero-order valence-corrected chi connectivity index (χ0v) is 8.60. The van der Waals surface area contributed by atoms with Gasteiger partial charge in [-0.1, -0.05) is 0 Å². The fourth-order valence-electron chi connectivity index (χ4n) is 1.25. The first kappa shape index (κ1) is 8.25. The van der Waals surface area contributed by atoms with E-state index in [2.05, 4.69) is 21.0 Å². The summed E-state index contributed by atoms with van der Waals surface area (Å²) in [6.07, 6.45) is 0. The third-order valence-electron chi connectivity index (χ3n) is 1.82. The zero-order chi connectivity index (χ0) is 8.77. The largest absolute Gasteiger partial charge is 0.266 e. The molecule has 0 N–H and O–H groups in total. The summed E-state index contributed by atoms with van der Waals surface area (Å²) in [5, 5.41) is 4.09. The van der Waals surface area contributed by atoms with Gasteiger partial charge in [0.25, 0.3) is 0 Å². The molecule has 4 nitrogen and oxygen atoms in total. The Morgan fingerprint density at radius 3 is 3.08 bits per heavy atom. The van der Waals surface area contributed by atoms with Crippen LogP contribution in [0.5, 0.6) is 0 Å². The molecule has 0 aliphatic carbocycles. The first-order valence-electron chi connectivity index (χ1n) is 3.49. The van der Waals surface area contributed by atoms with Crippen molar-refractivity contribution < 1.29 is 8.42 Å². The van der Waals surface area contributed by atoms with Gasteiger partial charge < -0.3 is 0 Å². The molecule has 0 spiro atoms. The predicted octanol–water partition coefficient (Wildman–Crippen LogP) is 0.574. The standard InChI is InChI=1S/C6H7BrN2O2S/c7-6-3-5-4-12(10,11)2-1-9(5)8-6/h3H,1-2,4H2. The summed E-state index contributed by atoms with van der Waals surface area (Å²) in [6, 6.07) is 1.75. The van der Waals surface area contributed by atoms with Crippen molar-refractivity contribution in [2.75, 3.05) is 5.75 Å². The molecule has 0 atom stereocenters. The van der Waals surface area contributed by atoms with Crippen LogP contribution in [0.3, 0.4) is 0 Å². The second-order valence-electron chi connectivity index (χ2n) is 2.77. The minimum absolute atomic E-state index is 0.117. The van der Waals surface area contributed by atoms with Crippen molar-refractivity contribution in [1.29, 1.82) is 0 Å². The number of rotatable bonds is 0. The average Bonchev–Trinajstić information content (AvgIpc) is 2.26. The van der Waals surface area contributed by atoms with E-state index in [1.165, 1.54) is 0 Å². The summed E-state index contributed by atoms with van der Waals surface area (Å²) in [5.74, 6) is 0.319. The molecule has 2 rings (SSSR count). The molecule has 0 saturated heterocycles. The van der Waals surface area contributed by atoms with Gasteiger partial charge in [-0.15, -0.1) is 0 Å². The lowest BCUT2D eigenvalue weighted by Gasteiger charge is -2.13. The number of fused-ring (bicyclic) bond motifs is 1. The number of nitrogens with zero attached hydrogens (tertiary/aromatic N) is 2. The van der Waals surface area contributed by atoms with Gasteiger partial charge in [-0.2, -0.15) is 5.10 Å². The fourth-order valence-corrected chi connectivity index (χ4v) is 2.99. The topological polar surface area (TPSA) is 52.0 Å². The van der Waals surface area contributed by atoms with Crippen LogP contribution in [-0.4, -0.2) is 24.0 Å². The highest BCUT2D eigenvalue weighted by Gasteiger charge is 2.22. The molecule has 1 aliphatic rings. The van der Waals surface area contributed by atoms with Gasteiger partial charge in [0, 0.05) is 0 Å². The second-order valence-corrected chi connectivity index (χ2v) is 5.77. The lowest BCUT2D eigenvalue weighted by atomic mass is 10.5. The smallest absolute Gasteiger partial charge is 0.157 e. The summed E-state index contributed by atoms with van der Waals surface area (Å²) in [5.41, 5.74) is 0.771. The highest BCUT2D eigenvalue weighted by atomic mass is 79.9. The van der Waals surface area contributed by atoms with Crippen molar-refractivity contribution in [1.82, 2.24) is 9.78 Å². The van der Waals surface area contributed by atoms with Crippen LogP contribution in [0.1, 0.15) is 5.69 Å². The van der Waals surface area contributed by atoms with E-state index in [1.807, 2.05) is 0 Å². The first-order valence-corrected chi connectivity index (χ1v) is 6.11. The molecule has 66 valence electrons. The van der Waals surface area contributed by atoms with E-state index in [1.54, 1.807) is 10.7 Å². The quantitative estimate of drug-likeness (QED) is 0.677. The van der Waals surface area contributed by atoms with Crippen molar-refractivity contribution in [3.05, 3.63) is 16.4 Å². The predicted molar refractivity (Wildman–Crippen MR) is 47.4 cm³/mol. The highest BCUT2D eigenvalue weighted by Crippen LogP contribution is 2.17. The Labute approximate surface area is 78.6 Å². The van der Waals surface area contributed by atoms with Crippen LogP contribution < -0.4 is 0 Å². The number of hydrogen-bond acceptors (Lipinski definition) is 3. The van der Waals surface area contributed by atoms with Crippen LogP contribution in [0.4, 0.5) is 0 Å². The van der Waals surface area contributed by atoms with Crippen LogP contribution in [0, 0.1) is 0 Å². The molecule has 0 amide bonds. The third kappa shape index (κ3) is 1.40. The minimum Gasteiger partial charge on any atom is -0.266 e. The van der Waals surface area contributed by atoms with Gasteiger partial charge in [-0.25, -0.2) is 8.42 Å². The van der Waals surface area contributed by atoms with Crippen molar-refractivity contribution in [3.8, 4) is 0 Å². The Bertz CT molecular complexity index is 409. The molecule has 0 radical (unpaired) electrons. The molecule has 1 aromatic heterocycles. The normalized spacial score (nSPS) is 20.4. The van der Waals surface area contributed by atoms with Gasteiger partial charge in [-0.3, -0.25) is 4.68 Å². The highest BCUT2D eigenvalue weighted by molar-refractivity contribution is 9.10. The van der Waals surface area contributed by atoms with Crippen LogP contribution >= 0.6 is 15.9 Å². The summed E-state index contributed by atoms with van der Waals surface area (Å²) in [4.78, 5) is 0. The molecular weight excluding hydrogens is 244 g/mol. The number of aryl methyl sites for hydroxylation is 1.